The number of thiazole rings is 1. The Balaban J connectivity index is 1.37. The van der Waals surface area contributed by atoms with Gasteiger partial charge >= 0.3 is 0 Å². The second-order valence-electron chi connectivity index (χ2n) is 5.78. The van der Waals surface area contributed by atoms with Crippen LogP contribution in [0.2, 0.25) is 0 Å². The minimum atomic E-state index is -0.192. The maximum Gasteiger partial charge on any atom is 0.248 e. The molecule has 0 bridgehead atoms. The lowest BCUT2D eigenvalue weighted by atomic mass is 10.2. The molecule has 2 N–H and O–H groups in total. The molecule has 1 saturated heterocycles. The van der Waals surface area contributed by atoms with Crippen molar-refractivity contribution in [1.29, 1.82) is 0 Å². The zero-order valence-electron chi connectivity index (χ0n) is 13.4. The summed E-state index contributed by atoms with van der Waals surface area (Å²) in [4.78, 5) is 21.0. The second kappa shape index (κ2) is 7.12. The van der Waals surface area contributed by atoms with E-state index >= 15 is 0 Å². The van der Waals surface area contributed by atoms with Gasteiger partial charge in [-0.1, -0.05) is 30.3 Å². The van der Waals surface area contributed by atoms with Crippen LogP contribution in [-0.2, 0) is 16.0 Å². The lowest BCUT2D eigenvalue weighted by molar-refractivity contribution is -0.115. The first-order chi connectivity index (χ1) is 12.3. The highest BCUT2D eigenvalue weighted by atomic mass is 32.1. The van der Waals surface area contributed by atoms with Crippen LogP contribution in [0.15, 0.2) is 35.7 Å². The van der Waals surface area contributed by atoms with Gasteiger partial charge in [-0.3, -0.25) is 15.2 Å². The Bertz CT molecular complexity index is 855. The molecule has 0 spiro atoms. The average Bonchev–Trinajstić information content (AvgIpc) is 3.37. The molecule has 1 aliphatic heterocycles. The van der Waals surface area contributed by atoms with Gasteiger partial charge in [0.15, 0.2) is 5.82 Å². The van der Waals surface area contributed by atoms with Gasteiger partial charge in [-0.05, 0) is 12.8 Å². The van der Waals surface area contributed by atoms with Crippen LogP contribution in [0, 0.1) is 0 Å². The summed E-state index contributed by atoms with van der Waals surface area (Å²) >= 11 is 1.53. The summed E-state index contributed by atoms with van der Waals surface area (Å²) in [5, 5.41) is 12.4. The molecular formula is C17H17N5O2S. The SMILES string of the molecule is O=C(Cc1csc(-c2ccccc2)n1)Nc1n[nH]c(C2CCCO2)n1. The maximum absolute atomic E-state index is 12.2. The predicted octanol–water partition coefficient (Wildman–Crippen LogP) is 2.96. The number of hydrogen-bond donors (Lipinski definition) is 2. The maximum atomic E-state index is 12.2. The van der Waals surface area contributed by atoms with Gasteiger partial charge in [0.25, 0.3) is 0 Å². The molecule has 128 valence electrons. The average molecular weight is 355 g/mol. The number of ether oxygens (including phenoxy) is 1. The number of hydrogen-bond acceptors (Lipinski definition) is 6. The number of carbonyl (C=O) groups is 1. The van der Waals surface area contributed by atoms with E-state index < -0.39 is 0 Å². The normalized spacial score (nSPS) is 16.9. The first-order valence-corrected chi connectivity index (χ1v) is 8.99. The standard InChI is InChI=1S/C17H17N5O2S/c23-14(19-17-20-15(21-22-17)13-7-4-8-24-13)9-12-10-25-16(18-12)11-5-2-1-3-6-11/h1-3,5-6,10,13H,4,7-9H2,(H2,19,20,21,22,23). The van der Waals surface area contributed by atoms with Gasteiger partial charge in [0, 0.05) is 17.6 Å². The van der Waals surface area contributed by atoms with Crippen molar-refractivity contribution in [3.05, 3.63) is 47.2 Å². The summed E-state index contributed by atoms with van der Waals surface area (Å²) in [5.74, 6) is 0.740. The number of carbonyl (C=O) groups excluding carboxylic acids is 1. The molecule has 2 aromatic heterocycles. The Morgan fingerprint density at radius 2 is 2.20 bits per heavy atom. The van der Waals surface area contributed by atoms with E-state index in [1.54, 1.807) is 0 Å². The van der Waals surface area contributed by atoms with Crippen LogP contribution in [0.1, 0.15) is 30.5 Å². The topological polar surface area (TPSA) is 92.8 Å². The number of nitrogens with zero attached hydrogens (tertiary/aromatic N) is 3. The molecule has 3 aromatic rings. The number of benzene rings is 1. The molecule has 7 nitrogen and oxygen atoms in total. The number of aromatic nitrogens is 4. The molecular weight excluding hydrogens is 338 g/mol. The molecule has 25 heavy (non-hydrogen) atoms. The van der Waals surface area contributed by atoms with Crippen molar-refractivity contribution >= 4 is 23.2 Å². The molecule has 1 fully saturated rings. The van der Waals surface area contributed by atoms with Crippen LogP contribution in [0.5, 0.6) is 0 Å². The Morgan fingerprint density at radius 3 is 3.00 bits per heavy atom. The van der Waals surface area contributed by atoms with Crippen LogP contribution in [0.3, 0.4) is 0 Å². The quantitative estimate of drug-likeness (QED) is 0.734. The van der Waals surface area contributed by atoms with Crippen molar-refractivity contribution in [2.75, 3.05) is 11.9 Å². The van der Waals surface area contributed by atoms with Gasteiger partial charge < -0.3 is 4.74 Å². The van der Waals surface area contributed by atoms with Crippen molar-refractivity contribution in [3.63, 3.8) is 0 Å². The number of anilines is 1. The lowest BCUT2D eigenvalue weighted by Crippen LogP contribution is -2.15. The van der Waals surface area contributed by atoms with Crippen LogP contribution >= 0.6 is 11.3 Å². The Kier molecular flexibility index (Phi) is 4.53. The predicted molar refractivity (Wildman–Crippen MR) is 94.2 cm³/mol. The molecule has 1 atom stereocenters. The minimum Gasteiger partial charge on any atom is -0.370 e. The highest BCUT2D eigenvalue weighted by molar-refractivity contribution is 7.13. The summed E-state index contributed by atoms with van der Waals surface area (Å²) in [6, 6.07) is 9.91. The second-order valence-corrected chi connectivity index (χ2v) is 6.64. The van der Waals surface area contributed by atoms with Crippen molar-refractivity contribution in [2.45, 2.75) is 25.4 Å². The molecule has 1 unspecified atom stereocenters. The molecule has 0 radical (unpaired) electrons. The summed E-state index contributed by atoms with van der Waals surface area (Å²) < 4.78 is 5.54. The van der Waals surface area contributed by atoms with Gasteiger partial charge in [-0.15, -0.1) is 16.4 Å². The Hall–Kier alpha value is -2.58. The number of nitrogens with one attached hydrogen (secondary N) is 2. The summed E-state index contributed by atoms with van der Waals surface area (Å²) in [7, 11) is 0. The fourth-order valence-electron chi connectivity index (χ4n) is 2.70. The molecule has 1 amide bonds. The third-order valence-corrected chi connectivity index (χ3v) is 4.84. The van der Waals surface area contributed by atoms with E-state index in [1.165, 1.54) is 11.3 Å². The zero-order valence-corrected chi connectivity index (χ0v) is 14.3. The smallest absolute Gasteiger partial charge is 0.248 e. The van der Waals surface area contributed by atoms with Crippen LogP contribution < -0.4 is 5.32 Å². The van der Waals surface area contributed by atoms with Crippen molar-refractivity contribution in [1.82, 2.24) is 20.2 Å². The first-order valence-electron chi connectivity index (χ1n) is 8.11. The molecule has 1 aliphatic rings. The highest BCUT2D eigenvalue weighted by Crippen LogP contribution is 2.26. The van der Waals surface area contributed by atoms with E-state index in [-0.39, 0.29) is 24.4 Å². The summed E-state index contributed by atoms with van der Waals surface area (Å²) in [5.41, 5.74) is 1.78. The number of rotatable bonds is 5. The van der Waals surface area contributed by atoms with Gasteiger partial charge in [0.2, 0.25) is 11.9 Å². The fourth-order valence-corrected chi connectivity index (χ4v) is 3.53. The van der Waals surface area contributed by atoms with Crippen molar-refractivity contribution in [3.8, 4) is 10.6 Å². The fraction of sp³-hybridized carbons (Fsp3) is 0.294. The molecule has 4 rings (SSSR count). The summed E-state index contributed by atoms with van der Waals surface area (Å²) in [6.07, 6.45) is 2.07. The third kappa shape index (κ3) is 3.75. The summed E-state index contributed by atoms with van der Waals surface area (Å²) in [6.45, 7) is 0.737. The first kappa shape index (κ1) is 15.9. The van der Waals surface area contributed by atoms with E-state index in [4.69, 9.17) is 4.74 Å². The third-order valence-electron chi connectivity index (χ3n) is 3.90. The molecule has 1 aromatic carbocycles. The van der Waals surface area contributed by atoms with E-state index in [0.717, 1.165) is 35.7 Å². The van der Waals surface area contributed by atoms with E-state index in [0.29, 0.717) is 5.82 Å². The number of H-pyrrole nitrogens is 1. The monoisotopic (exact) mass is 355 g/mol. The van der Waals surface area contributed by atoms with Crippen LogP contribution in [-0.4, -0.2) is 32.7 Å². The Morgan fingerprint density at radius 1 is 1.32 bits per heavy atom. The molecule has 8 heteroatoms. The number of amides is 1. The molecule has 3 heterocycles. The van der Waals surface area contributed by atoms with Gasteiger partial charge in [-0.25, -0.2) is 4.98 Å². The van der Waals surface area contributed by atoms with Crippen LogP contribution in [0.25, 0.3) is 10.6 Å². The Labute approximate surface area is 148 Å². The number of aromatic amines is 1. The van der Waals surface area contributed by atoms with Gasteiger partial charge in [0.05, 0.1) is 12.1 Å². The van der Waals surface area contributed by atoms with Crippen LogP contribution in [0.4, 0.5) is 5.95 Å². The molecule has 0 saturated carbocycles. The largest absolute Gasteiger partial charge is 0.370 e. The lowest BCUT2D eigenvalue weighted by Gasteiger charge is -2.03. The van der Waals surface area contributed by atoms with Gasteiger partial charge in [0.1, 0.15) is 11.1 Å². The van der Waals surface area contributed by atoms with Crippen molar-refractivity contribution < 1.29 is 9.53 Å². The van der Waals surface area contributed by atoms with E-state index in [1.807, 2.05) is 35.7 Å². The van der Waals surface area contributed by atoms with E-state index in [9.17, 15) is 4.79 Å². The zero-order chi connectivity index (χ0) is 17.1. The van der Waals surface area contributed by atoms with Crippen molar-refractivity contribution in [2.24, 2.45) is 0 Å². The minimum absolute atomic E-state index is 0.0508. The molecule has 0 aliphatic carbocycles. The van der Waals surface area contributed by atoms with Gasteiger partial charge in [-0.2, -0.15) is 4.98 Å². The van der Waals surface area contributed by atoms with E-state index in [2.05, 4.69) is 25.5 Å². The highest BCUT2D eigenvalue weighted by Gasteiger charge is 2.22.